The number of benzene rings is 3. The van der Waals surface area contributed by atoms with Gasteiger partial charge in [-0.3, -0.25) is 4.31 Å². The van der Waals surface area contributed by atoms with Crippen LogP contribution in [0.3, 0.4) is 0 Å². The third-order valence-corrected chi connectivity index (χ3v) is 6.27. The van der Waals surface area contributed by atoms with Crippen LogP contribution in [0.1, 0.15) is 11.1 Å². The van der Waals surface area contributed by atoms with Crippen molar-refractivity contribution in [2.45, 2.75) is 18.4 Å². The minimum atomic E-state index is -3.98. The summed E-state index contributed by atoms with van der Waals surface area (Å²) >= 11 is 6.12. The molecule has 26 heavy (non-hydrogen) atoms. The van der Waals surface area contributed by atoms with Gasteiger partial charge in [-0.25, -0.2) is 12.8 Å². The number of anilines is 1. The summed E-state index contributed by atoms with van der Waals surface area (Å²) in [5, 5.41) is 0.123. The molecule has 0 unspecified atom stereocenters. The molecule has 0 heterocycles. The van der Waals surface area contributed by atoms with Crippen molar-refractivity contribution < 1.29 is 12.8 Å². The van der Waals surface area contributed by atoms with E-state index in [2.05, 4.69) is 0 Å². The van der Waals surface area contributed by atoms with E-state index in [1.165, 1.54) is 22.5 Å². The van der Waals surface area contributed by atoms with Crippen LogP contribution < -0.4 is 4.31 Å². The van der Waals surface area contributed by atoms with Crippen molar-refractivity contribution in [1.29, 1.82) is 0 Å². The normalized spacial score (nSPS) is 11.3. The van der Waals surface area contributed by atoms with E-state index in [0.717, 1.165) is 5.56 Å². The topological polar surface area (TPSA) is 37.4 Å². The average molecular weight is 390 g/mol. The Morgan fingerprint density at radius 3 is 2.19 bits per heavy atom. The standard InChI is InChI=1S/C20H17ClFNO2S/c1-15-10-12-17(13-11-15)23(14-16-6-2-4-8-19(16)22)26(24,25)20-9-5-3-7-18(20)21/h2-13H,14H2,1H3. The van der Waals surface area contributed by atoms with Gasteiger partial charge in [-0.05, 0) is 37.3 Å². The number of hydrogen-bond donors (Lipinski definition) is 0. The Hall–Kier alpha value is -2.37. The van der Waals surface area contributed by atoms with Crippen molar-refractivity contribution in [2.75, 3.05) is 4.31 Å². The highest BCUT2D eigenvalue weighted by Crippen LogP contribution is 2.30. The molecule has 0 aliphatic rings. The van der Waals surface area contributed by atoms with Gasteiger partial charge in [0.1, 0.15) is 10.7 Å². The minimum Gasteiger partial charge on any atom is -0.262 e. The van der Waals surface area contributed by atoms with Gasteiger partial charge >= 0.3 is 0 Å². The molecular weight excluding hydrogens is 373 g/mol. The van der Waals surface area contributed by atoms with Crippen LogP contribution in [0.2, 0.25) is 5.02 Å². The van der Waals surface area contributed by atoms with Crippen LogP contribution in [0.4, 0.5) is 10.1 Å². The molecule has 0 saturated carbocycles. The van der Waals surface area contributed by atoms with Gasteiger partial charge in [0.25, 0.3) is 10.0 Å². The summed E-state index contributed by atoms with van der Waals surface area (Å²) in [4.78, 5) is -0.0152. The highest BCUT2D eigenvalue weighted by atomic mass is 35.5. The molecule has 3 aromatic rings. The van der Waals surface area contributed by atoms with E-state index in [-0.39, 0.29) is 22.0 Å². The first-order valence-electron chi connectivity index (χ1n) is 7.97. The molecular formula is C20H17ClFNO2S. The average Bonchev–Trinajstić information content (AvgIpc) is 2.62. The third kappa shape index (κ3) is 3.74. The predicted molar refractivity (Wildman–Crippen MR) is 102 cm³/mol. The summed E-state index contributed by atoms with van der Waals surface area (Å²) in [5.74, 6) is -0.459. The van der Waals surface area contributed by atoms with E-state index < -0.39 is 15.8 Å². The molecule has 0 atom stereocenters. The molecule has 0 spiro atoms. The second kappa shape index (κ2) is 7.48. The number of aryl methyl sites for hydroxylation is 1. The number of nitrogens with zero attached hydrogens (tertiary/aromatic N) is 1. The lowest BCUT2D eigenvalue weighted by molar-refractivity contribution is 0.585. The van der Waals surface area contributed by atoms with Crippen LogP contribution in [0, 0.1) is 12.7 Å². The lowest BCUT2D eigenvalue weighted by Crippen LogP contribution is -2.31. The summed E-state index contributed by atoms with van der Waals surface area (Å²) in [6.07, 6.45) is 0. The zero-order valence-corrected chi connectivity index (χ0v) is 15.6. The van der Waals surface area contributed by atoms with E-state index in [4.69, 9.17) is 11.6 Å². The van der Waals surface area contributed by atoms with E-state index in [1.54, 1.807) is 42.5 Å². The number of halogens is 2. The second-order valence-electron chi connectivity index (χ2n) is 5.87. The Labute approximate surface area is 157 Å². The van der Waals surface area contributed by atoms with Crippen molar-refractivity contribution in [3.63, 3.8) is 0 Å². The van der Waals surface area contributed by atoms with Gasteiger partial charge < -0.3 is 0 Å². The van der Waals surface area contributed by atoms with Gasteiger partial charge in [0.2, 0.25) is 0 Å². The molecule has 0 bridgehead atoms. The zero-order valence-electron chi connectivity index (χ0n) is 14.1. The molecule has 0 aliphatic heterocycles. The summed E-state index contributed by atoms with van der Waals surface area (Å²) in [6.45, 7) is 1.77. The predicted octanol–water partition coefficient (Wildman–Crippen LogP) is 5.18. The maximum Gasteiger partial charge on any atom is 0.266 e. The number of hydrogen-bond acceptors (Lipinski definition) is 2. The smallest absolute Gasteiger partial charge is 0.262 e. The monoisotopic (exact) mass is 389 g/mol. The SMILES string of the molecule is Cc1ccc(N(Cc2ccccc2F)S(=O)(=O)c2ccccc2Cl)cc1. The fourth-order valence-electron chi connectivity index (χ4n) is 2.58. The van der Waals surface area contributed by atoms with Crippen molar-refractivity contribution in [3.05, 3.63) is 94.8 Å². The lowest BCUT2D eigenvalue weighted by Gasteiger charge is -2.25. The molecule has 6 heteroatoms. The Morgan fingerprint density at radius 1 is 0.923 bits per heavy atom. The van der Waals surface area contributed by atoms with Gasteiger partial charge in [0, 0.05) is 5.56 Å². The molecule has 3 nitrogen and oxygen atoms in total. The summed E-state index contributed by atoms with van der Waals surface area (Å²) < 4.78 is 41.9. The number of sulfonamides is 1. The Morgan fingerprint density at radius 2 is 1.54 bits per heavy atom. The van der Waals surface area contributed by atoms with Crippen LogP contribution in [0.5, 0.6) is 0 Å². The van der Waals surface area contributed by atoms with Gasteiger partial charge in [0.15, 0.2) is 0 Å². The molecule has 134 valence electrons. The van der Waals surface area contributed by atoms with Crippen LogP contribution >= 0.6 is 11.6 Å². The molecule has 0 fully saturated rings. The van der Waals surface area contributed by atoms with E-state index in [1.807, 2.05) is 19.1 Å². The van der Waals surface area contributed by atoms with Gasteiger partial charge in [-0.1, -0.05) is 59.6 Å². The quantitative estimate of drug-likeness (QED) is 0.602. The van der Waals surface area contributed by atoms with Gasteiger partial charge in [0.05, 0.1) is 17.3 Å². The molecule has 0 aromatic heterocycles. The fourth-order valence-corrected chi connectivity index (χ4v) is 4.52. The molecule has 3 rings (SSSR count). The van der Waals surface area contributed by atoms with Crippen LogP contribution in [0.15, 0.2) is 77.7 Å². The van der Waals surface area contributed by atoms with Gasteiger partial charge in [-0.15, -0.1) is 0 Å². The first-order chi connectivity index (χ1) is 12.4. The van der Waals surface area contributed by atoms with E-state index in [0.29, 0.717) is 5.69 Å². The molecule has 0 radical (unpaired) electrons. The maximum absolute atomic E-state index is 14.2. The van der Waals surface area contributed by atoms with Crippen molar-refractivity contribution in [1.82, 2.24) is 0 Å². The maximum atomic E-state index is 14.2. The zero-order chi connectivity index (χ0) is 18.7. The molecule has 0 saturated heterocycles. The summed E-state index contributed by atoms with van der Waals surface area (Å²) in [7, 11) is -3.98. The Kier molecular flexibility index (Phi) is 5.30. The number of rotatable bonds is 5. The van der Waals surface area contributed by atoms with E-state index in [9.17, 15) is 12.8 Å². The molecule has 0 amide bonds. The van der Waals surface area contributed by atoms with Crippen LogP contribution in [0.25, 0.3) is 0 Å². The van der Waals surface area contributed by atoms with E-state index >= 15 is 0 Å². The minimum absolute atomic E-state index is 0.0152. The highest BCUT2D eigenvalue weighted by molar-refractivity contribution is 7.93. The summed E-state index contributed by atoms with van der Waals surface area (Å²) in [6, 6.07) is 19.4. The van der Waals surface area contributed by atoms with Crippen molar-refractivity contribution in [2.24, 2.45) is 0 Å². The van der Waals surface area contributed by atoms with Crippen LogP contribution in [-0.4, -0.2) is 8.42 Å². The second-order valence-corrected chi connectivity index (χ2v) is 8.11. The van der Waals surface area contributed by atoms with Crippen molar-refractivity contribution >= 4 is 27.3 Å². The molecule has 0 aliphatic carbocycles. The highest BCUT2D eigenvalue weighted by Gasteiger charge is 2.27. The first-order valence-corrected chi connectivity index (χ1v) is 9.79. The van der Waals surface area contributed by atoms with Crippen LogP contribution in [-0.2, 0) is 16.6 Å². The van der Waals surface area contributed by atoms with Crippen molar-refractivity contribution in [3.8, 4) is 0 Å². The lowest BCUT2D eigenvalue weighted by atomic mass is 10.2. The largest absolute Gasteiger partial charge is 0.266 e. The Balaban J connectivity index is 2.13. The Bertz CT molecular complexity index is 1020. The fraction of sp³-hybridized carbons (Fsp3) is 0.100. The van der Waals surface area contributed by atoms with Gasteiger partial charge in [-0.2, -0.15) is 0 Å². The third-order valence-electron chi connectivity index (χ3n) is 4.00. The summed E-state index contributed by atoms with van der Waals surface area (Å²) in [5.41, 5.74) is 1.72. The molecule has 0 N–H and O–H groups in total. The molecule has 3 aromatic carbocycles. The first kappa shape index (κ1) is 18.4.